The number of aromatic nitrogens is 1. The number of imide groups is 1. The number of aryl methyl sites for hydroxylation is 3. The second kappa shape index (κ2) is 8.08. The number of halogens is 1. The van der Waals surface area contributed by atoms with Crippen LogP contribution < -0.4 is 5.32 Å². The van der Waals surface area contributed by atoms with Gasteiger partial charge in [-0.3, -0.25) is 9.69 Å². The summed E-state index contributed by atoms with van der Waals surface area (Å²) in [5, 5.41) is 3.32. The lowest BCUT2D eigenvalue weighted by atomic mass is 10.1. The fourth-order valence-electron chi connectivity index (χ4n) is 3.84. The molecule has 3 amide bonds. The largest absolute Gasteiger partial charge is 0.329 e. The van der Waals surface area contributed by atoms with Crippen molar-refractivity contribution in [2.75, 3.05) is 0 Å². The van der Waals surface area contributed by atoms with Crippen molar-refractivity contribution in [1.29, 1.82) is 0 Å². The van der Waals surface area contributed by atoms with E-state index in [9.17, 15) is 9.59 Å². The fourth-order valence-corrected chi connectivity index (χ4v) is 3.96. The zero-order valence-electron chi connectivity index (χ0n) is 18.0. The molecule has 5 nitrogen and oxygen atoms in total. The van der Waals surface area contributed by atoms with Gasteiger partial charge in [0.15, 0.2) is 0 Å². The van der Waals surface area contributed by atoms with Gasteiger partial charge in [0.2, 0.25) is 0 Å². The van der Waals surface area contributed by atoms with Crippen LogP contribution in [0.3, 0.4) is 0 Å². The first-order valence-electron chi connectivity index (χ1n) is 10.1. The molecule has 0 radical (unpaired) electrons. The summed E-state index contributed by atoms with van der Waals surface area (Å²) in [6, 6.07) is 15.1. The summed E-state index contributed by atoms with van der Waals surface area (Å²) in [5.74, 6) is -0.337. The molecule has 3 aromatic rings. The Kier molecular flexibility index (Phi) is 5.46. The zero-order valence-corrected chi connectivity index (χ0v) is 18.7. The van der Waals surface area contributed by atoms with Crippen LogP contribution in [0.25, 0.3) is 11.8 Å². The third kappa shape index (κ3) is 4.01. The molecule has 1 fully saturated rings. The minimum absolute atomic E-state index is 0.195. The molecule has 0 aliphatic carbocycles. The molecule has 1 N–H and O–H groups in total. The van der Waals surface area contributed by atoms with E-state index in [-0.39, 0.29) is 18.1 Å². The van der Waals surface area contributed by atoms with Gasteiger partial charge in [-0.05, 0) is 86.4 Å². The van der Waals surface area contributed by atoms with Gasteiger partial charge in [-0.15, -0.1) is 0 Å². The van der Waals surface area contributed by atoms with Crippen LogP contribution in [-0.2, 0) is 11.3 Å². The maximum absolute atomic E-state index is 12.9. The van der Waals surface area contributed by atoms with E-state index in [2.05, 4.69) is 41.9 Å². The van der Waals surface area contributed by atoms with E-state index in [1.165, 1.54) is 16.0 Å². The number of nitrogens with one attached hydrogen (secondary N) is 1. The van der Waals surface area contributed by atoms with Gasteiger partial charge in [0.25, 0.3) is 5.91 Å². The van der Waals surface area contributed by atoms with E-state index in [0.717, 1.165) is 28.2 Å². The first kappa shape index (κ1) is 20.9. The Bertz CT molecular complexity index is 1220. The lowest BCUT2D eigenvalue weighted by Gasteiger charge is -2.12. The summed E-state index contributed by atoms with van der Waals surface area (Å²) >= 11 is 5.92. The molecule has 1 aliphatic heterocycles. The summed E-state index contributed by atoms with van der Waals surface area (Å²) in [7, 11) is 0. The Balaban J connectivity index is 1.63. The highest BCUT2D eigenvalue weighted by atomic mass is 35.5. The molecule has 0 unspecified atom stereocenters. The van der Waals surface area contributed by atoms with E-state index < -0.39 is 6.03 Å². The van der Waals surface area contributed by atoms with Crippen LogP contribution in [0.15, 0.2) is 54.2 Å². The van der Waals surface area contributed by atoms with Crippen molar-refractivity contribution in [1.82, 2.24) is 14.8 Å². The molecule has 1 saturated heterocycles. The number of hydrogen-bond acceptors (Lipinski definition) is 2. The van der Waals surface area contributed by atoms with Gasteiger partial charge in [-0.25, -0.2) is 4.79 Å². The molecule has 1 aromatic heterocycles. The summed E-state index contributed by atoms with van der Waals surface area (Å²) in [4.78, 5) is 26.5. The van der Waals surface area contributed by atoms with Gasteiger partial charge in [-0.1, -0.05) is 29.8 Å². The number of carbonyl (C=O) groups is 2. The third-order valence-electron chi connectivity index (χ3n) is 5.74. The average molecular weight is 434 g/mol. The van der Waals surface area contributed by atoms with Crippen LogP contribution in [0.2, 0.25) is 5.02 Å². The number of amides is 3. The maximum Gasteiger partial charge on any atom is 0.329 e. The molecular formula is C25H24ClN3O2. The van der Waals surface area contributed by atoms with Gasteiger partial charge in [0.05, 0.1) is 6.54 Å². The van der Waals surface area contributed by atoms with Crippen molar-refractivity contribution < 1.29 is 9.59 Å². The number of hydrogen-bond donors (Lipinski definition) is 1. The van der Waals surface area contributed by atoms with E-state index >= 15 is 0 Å². The fraction of sp³-hybridized carbons (Fsp3) is 0.200. The first-order chi connectivity index (χ1) is 14.7. The highest BCUT2D eigenvalue weighted by molar-refractivity contribution is 6.30. The van der Waals surface area contributed by atoms with E-state index in [1.807, 2.05) is 32.0 Å². The van der Waals surface area contributed by atoms with Crippen molar-refractivity contribution in [2.45, 2.75) is 34.2 Å². The standard InChI is InChI=1S/C25H24ClN3O2/c1-15-5-10-22(11-16(15)2)29-17(3)12-20(18(29)4)13-23-24(30)28(25(31)27-23)14-19-6-8-21(26)9-7-19/h5-13H,14H2,1-4H3,(H,27,31)/b23-13-. The predicted molar refractivity (Wildman–Crippen MR) is 123 cm³/mol. The van der Waals surface area contributed by atoms with Crippen molar-refractivity contribution in [3.8, 4) is 5.69 Å². The number of urea groups is 1. The molecule has 0 saturated carbocycles. The van der Waals surface area contributed by atoms with Gasteiger partial charge >= 0.3 is 6.03 Å². The van der Waals surface area contributed by atoms with Crippen LogP contribution in [0.1, 0.15) is 33.6 Å². The first-order valence-corrected chi connectivity index (χ1v) is 10.5. The van der Waals surface area contributed by atoms with Crippen molar-refractivity contribution in [3.63, 3.8) is 0 Å². The van der Waals surface area contributed by atoms with E-state index in [1.54, 1.807) is 18.2 Å². The second-order valence-corrected chi connectivity index (χ2v) is 8.37. The highest BCUT2D eigenvalue weighted by Crippen LogP contribution is 2.25. The Morgan fingerprint density at radius 1 is 0.935 bits per heavy atom. The van der Waals surface area contributed by atoms with Crippen molar-refractivity contribution in [3.05, 3.63) is 92.9 Å². The predicted octanol–water partition coefficient (Wildman–Crippen LogP) is 5.46. The van der Waals surface area contributed by atoms with Crippen LogP contribution in [0, 0.1) is 27.7 Å². The molecule has 2 heterocycles. The minimum Gasteiger partial charge on any atom is -0.318 e. The molecule has 0 bridgehead atoms. The summed E-state index contributed by atoms with van der Waals surface area (Å²) in [6.45, 7) is 8.43. The van der Waals surface area contributed by atoms with E-state index in [4.69, 9.17) is 11.6 Å². The monoisotopic (exact) mass is 433 g/mol. The topological polar surface area (TPSA) is 54.3 Å². The molecule has 4 rings (SSSR count). The molecule has 2 aromatic carbocycles. The quantitative estimate of drug-likeness (QED) is 0.439. The number of rotatable bonds is 4. The lowest BCUT2D eigenvalue weighted by molar-refractivity contribution is -0.123. The minimum atomic E-state index is -0.422. The summed E-state index contributed by atoms with van der Waals surface area (Å²) in [5.41, 5.74) is 7.62. The van der Waals surface area contributed by atoms with Gasteiger partial charge in [0, 0.05) is 22.1 Å². The van der Waals surface area contributed by atoms with Crippen LogP contribution in [0.4, 0.5) is 4.79 Å². The van der Waals surface area contributed by atoms with Crippen LogP contribution in [-0.4, -0.2) is 21.4 Å². The molecule has 158 valence electrons. The molecule has 31 heavy (non-hydrogen) atoms. The summed E-state index contributed by atoms with van der Waals surface area (Å²) in [6.07, 6.45) is 1.75. The molecule has 0 spiro atoms. The normalized spacial score (nSPS) is 15.1. The molecule has 1 aliphatic rings. The Labute approximate surface area is 186 Å². The van der Waals surface area contributed by atoms with Crippen LogP contribution >= 0.6 is 11.6 Å². The Morgan fingerprint density at radius 2 is 1.65 bits per heavy atom. The van der Waals surface area contributed by atoms with Crippen molar-refractivity contribution >= 4 is 29.6 Å². The lowest BCUT2D eigenvalue weighted by Crippen LogP contribution is -2.30. The maximum atomic E-state index is 12.9. The van der Waals surface area contributed by atoms with Gasteiger partial charge in [-0.2, -0.15) is 0 Å². The Hall–Kier alpha value is -3.31. The SMILES string of the molecule is Cc1ccc(-n2c(C)cc(/C=C3\NC(=O)N(Cc4ccc(Cl)cc4)C3=O)c2C)cc1C. The molecular weight excluding hydrogens is 410 g/mol. The molecule has 6 heteroatoms. The summed E-state index contributed by atoms with van der Waals surface area (Å²) < 4.78 is 2.16. The van der Waals surface area contributed by atoms with Crippen LogP contribution in [0.5, 0.6) is 0 Å². The number of carbonyl (C=O) groups excluding carboxylic acids is 2. The Morgan fingerprint density at radius 3 is 2.32 bits per heavy atom. The molecule has 0 atom stereocenters. The van der Waals surface area contributed by atoms with Crippen molar-refractivity contribution in [2.24, 2.45) is 0 Å². The van der Waals surface area contributed by atoms with Gasteiger partial charge in [0.1, 0.15) is 5.70 Å². The number of benzene rings is 2. The third-order valence-corrected chi connectivity index (χ3v) is 5.99. The van der Waals surface area contributed by atoms with E-state index in [0.29, 0.717) is 5.02 Å². The number of nitrogens with zero attached hydrogens (tertiary/aromatic N) is 2. The smallest absolute Gasteiger partial charge is 0.318 e. The zero-order chi connectivity index (χ0) is 22.3. The van der Waals surface area contributed by atoms with Gasteiger partial charge < -0.3 is 9.88 Å². The highest BCUT2D eigenvalue weighted by Gasteiger charge is 2.33. The second-order valence-electron chi connectivity index (χ2n) is 7.94. The average Bonchev–Trinajstić information content (AvgIpc) is 3.15.